The molecule has 0 aliphatic heterocycles. The minimum Gasteiger partial charge on any atom is -0.351 e. The highest BCUT2D eigenvalue weighted by molar-refractivity contribution is 6.53. The van der Waals surface area contributed by atoms with Crippen LogP contribution in [0.15, 0.2) is 30.3 Å². The fraction of sp³-hybridized carbons (Fsp3) is 0.417. The lowest BCUT2D eigenvalue weighted by Gasteiger charge is -2.12. The van der Waals surface area contributed by atoms with Gasteiger partial charge in [0.2, 0.25) is 5.91 Å². The van der Waals surface area contributed by atoms with E-state index in [9.17, 15) is 4.79 Å². The molecule has 1 N–H and O–H groups in total. The van der Waals surface area contributed by atoms with E-state index in [0.717, 1.165) is 5.56 Å². The predicted octanol–water partition coefficient (Wildman–Crippen LogP) is 2.89. The molecule has 0 bridgehead atoms. The molecule has 1 aromatic rings. The summed E-state index contributed by atoms with van der Waals surface area (Å²) in [4.78, 5) is 11.8. The number of nitrogens with one attached hydrogen (secondary N) is 1. The van der Waals surface area contributed by atoms with Crippen molar-refractivity contribution < 1.29 is 4.79 Å². The Morgan fingerprint density at radius 1 is 1.38 bits per heavy atom. The van der Waals surface area contributed by atoms with Crippen LogP contribution in [0.5, 0.6) is 0 Å². The molecule has 1 aromatic carbocycles. The maximum absolute atomic E-state index is 11.8. The average Bonchev–Trinajstić information content (AvgIpc) is 2.78. The topological polar surface area (TPSA) is 29.1 Å². The molecule has 2 nitrogen and oxygen atoms in total. The van der Waals surface area contributed by atoms with Crippen molar-refractivity contribution in [3.63, 3.8) is 0 Å². The van der Waals surface area contributed by atoms with Gasteiger partial charge < -0.3 is 5.32 Å². The van der Waals surface area contributed by atoms with Crippen molar-refractivity contribution in [3.05, 3.63) is 35.9 Å². The highest BCUT2D eigenvalue weighted by Gasteiger charge is 2.67. The minimum absolute atomic E-state index is 0.0821. The van der Waals surface area contributed by atoms with Crippen molar-refractivity contribution in [1.29, 1.82) is 0 Å². The predicted molar refractivity (Wildman–Crippen MR) is 65.4 cm³/mol. The van der Waals surface area contributed by atoms with Crippen LogP contribution in [0.3, 0.4) is 0 Å². The number of hydrogen-bond acceptors (Lipinski definition) is 1. The van der Waals surface area contributed by atoms with Gasteiger partial charge in [-0.05, 0) is 18.9 Å². The van der Waals surface area contributed by atoms with Gasteiger partial charge in [0.15, 0.2) is 0 Å². The summed E-state index contributed by atoms with van der Waals surface area (Å²) in [5, 5.41) is 2.85. The van der Waals surface area contributed by atoms with Crippen molar-refractivity contribution in [2.24, 2.45) is 5.41 Å². The molecular weight excluding hydrogens is 245 g/mol. The van der Waals surface area contributed by atoms with E-state index in [1.165, 1.54) is 0 Å². The summed E-state index contributed by atoms with van der Waals surface area (Å²) >= 11 is 11.9. The second-order valence-electron chi connectivity index (χ2n) is 4.38. The Balaban J connectivity index is 1.91. The molecule has 1 fully saturated rings. The van der Waals surface area contributed by atoms with Crippen LogP contribution >= 0.6 is 23.2 Å². The quantitative estimate of drug-likeness (QED) is 0.830. The molecule has 0 saturated heterocycles. The molecule has 1 saturated carbocycles. The molecule has 1 aliphatic carbocycles. The lowest BCUT2D eigenvalue weighted by atomic mass is 10.1. The zero-order valence-electron chi connectivity index (χ0n) is 8.97. The van der Waals surface area contributed by atoms with E-state index in [-0.39, 0.29) is 5.91 Å². The van der Waals surface area contributed by atoms with Crippen molar-refractivity contribution in [1.82, 2.24) is 5.32 Å². The fourth-order valence-electron chi connectivity index (χ4n) is 1.62. The molecule has 0 aromatic heterocycles. The standard InChI is InChI=1S/C12H13Cl2NO/c1-11(8-12(11,13)14)10(16)15-7-9-5-3-2-4-6-9/h2-6H,7-8H2,1H3,(H,15,16). The molecule has 0 radical (unpaired) electrons. The number of hydrogen-bond donors (Lipinski definition) is 1. The molecule has 1 unspecified atom stereocenters. The smallest absolute Gasteiger partial charge is 0.229 e. The number of rotatable bonds is 3. The van der Waals surface area contributed by atoms with E-state index in [0.29, 0.717) is 13.0 Å². The summed E-state index contributed by atoms with van der Waals surface area (Å²) in [5.41, 5.74) is 0.431. The molecule has 0 heterocycles. The lowest BCUT2D eigenvalue weighted by molar-refractivity contribution is -0.125. The van der Waals surface area contributed by atoms with Gasteiger partial charge in [-0.15, -0.1) is 23.2 Å². The SMILES string of the molecule is CC1(C(=O)NCc2ccccc2)CC1(Cl)Cl. The van der Waals surface area contributed by atoms with Gasteiger partial charge >= 0.3 is 0 Å². The van der Waals surface area contributed by atoms with Crippen LogP contribution in [0.1, 0.15) is 18.9 Å². The third kappa shape index (κ3) is 2.04. The van der Waals surface area contributed by atoms with Crippen LogP contribution in [0.25, 0.3) is 0 Å². The molecule has 1 amide bonds. The van der Waals surface area contributed by atoms with Crippen molar-refractivity contribution in [2.75, 3.05) is 0 Å². The first-order valence-electron chi connectivity index (χ1n) is 5.16. The molecule has 1 atom stereocenters. The summed E-state index contributed by atoms with van der Waals surface area (Å²) < 4.78 is -0.895. The van der Waals surface area contributed by atoms with E-state index in [4.69, 9.17) is 23.2 Å². The maximum Gasteiger partial charge on any atom is 0.229 e. The molecule has 16 heavy (non-hydrogen) atoms. The number of carbonyl (C=O) groups is 1. The number of amides is 1. The maximum atomic E-state index is 11.8. The summed E-state index contributed by atoms with van der Waals surface area (Å²) in [7, 11) is 0. The Kier molecular flexibility index (Phi) is 2.89. The van der Waals surface area contributed by atoms with Crippen LogP contribution in [0.2, 0.25) is 0 Å². The van der Waals surface area contributed by atoms with Gasteiger partial charge in [-0.3, -0.25) is 4.79 Å². The second-order valence-corrected chi connectivity index (χ2v) is 5.87. The van der Waals surface area contributed by atoms with Crippen LogP contribution < -0.4 is 5.32 Å². The third-order valence-electron chi connectivity index (χ3n) is 3.05. The monoisotopic (exact) mass is 257 g/mol. The number of carbonyl (C=O) groups excluding carboxylic acids is 1. The Labute approximate surface area is 105 Å². The number of halogens is 2. The van der Waals surface area contributed by atoms with Crippen molar-refractivity contribution in [3.8, 4) is 0 Å². The van der Waals surface area contributed by atoms with Crippen molar-refractivity contribution >= 4 is 29.1 Å². The van der Waals surface area contributed by atoms with Crippen molar-refractivity contribution in [2.45, 2.75) is 24.2 Å². The van der Waals surface area contributed by atoms with Gasteiger partial charge in [0.05, 0.1) is 5.41 Å². The molecule has 2 rings (SSSR count). The number of alkyl halides is 2. The lowest BCUT2D eigenvalue weighted by Crippen LogP contribution is -2.32. The fourth-order valence-corrected chi connectivity index (χ4v) is 2.33. The molecule has 4 heteroatoms. The Bertz CT molecular complexity index is 405. The van der Waals surface area contributed by atoms with Crippen LogP contribution in [0.4, 0.5) is 0 Å². The van der Waals surface area contributed by atoms with E-state index in [2.05, 4.69) is 5.32 Å². The van der Waals surface area contributed by atoms with Gasteiger partial charge in [-0.25, -0.2) is 0 Å². The minimum atomic E-state index is -0.895. The summed E-state index contributed by atoms with van der Waals surface area (Å²) in [6.45, 7) is 2.30. The van der Waals surface area contributed by atoms with Gasteiger partial charge in [0.1, 0.15) is 4.33 Å². The zero-order valence-corrected chi connectivity index (χ0v) is 10.5. The zero-order chi connectivity index (χ0) is 11.8. The van der Waals surface area contributed by atoms with Gasteiger partial charge in [0, 0.05) is 6.54 Å². The first-order valence-corrected chi connectivity index (χ1v) is 5.91. The Morgan fingerprint density at radius 3 is 2.44 bits per heavy atom. The van der Waals surface area contributed by atoms with E-state index in [1.54, 1.807) is 6.92 Å². The largest absolute Gasteiger partial charge is 0.351 e. The van der Waals surface area contributed by atoms with Gasteiger partial charge in [-0.2, -0.15) is 0 Å². The van der Waals surface area contributed by atoms with E-state index in [1.807, 2.05) is 30.3 Å². The first-order chi connectivity index (χ1) is 7.46. The third-order valence-corrected chi connectivity index (χ3v) is 4.16. The van der Waals surface area contributed by atoms with Crippen LogP contribution in [-0.4, -0.2) is 10.2 Å². The highest BCUT2D eigenvalue weighted by atomic mass is 35.5. The summed E-state index contributed by atoms with van der Waals surface area (Å²) in [6.07, 6.45) is 0.518. The first kappa shape index (κ1) is 11.7. The Hall–Kier alpha value is -0.730. The molecule has 0 spiro atoms. The second kappa shape index (κ2) is 3.94. The highest BCUT2D eigenvalue weighted by Crippen LogP contribution is 2.63. The molecular formula is C12H13Cl2NO. The number of benzene rings is 1. The van der Waals surface area contributed by atoms with E-state index >= 15 is 0 Å². The van der Waals surface area contributed by atoms with Crippen LogP contribution in [-0.2, 0) is 11.3 Å². The molecule has 86 valence electrons. The normalized spacial score (nSPS) is 26.2. The van der Waals surface area contributed by atoms with Crippen LogP contribution in [0, 0.1) is 5.41 Å². The van der Waals surface area contributed by atoms with E-state index < -0.39 is 9.75 Å². The Morgan fingerprint density at radius 2 is 1.94 bits per heavy atom. The summed E-state index contributed by atoms with van der Waals surface area (Å²) in [5.74, 6) is -0.0821. The summed E-state index contributed by atoms with van der Waals surface area (Å²) in [6, 6.07) is 9.74. The van der Waals surface area contributed by atoms with Gasteiger partial charge in [0.25, 0.3) is 0 Å². The average molecular weight is 258 g/mol. The van der Waals surface area contributed by atoms with Gasteiger partial charge in [-0.1, -0.05) is 30.3 Å². The molecule has 1 aliphatic rings.